The number of hydrogen-bond donors (Lipinski definition) is 2. The number of benzene rings is 2. The first-order valence-corrected chi connectivity index (χ1v) is 9.20. The van der Waals surface area contributed by atoms with Crippen molar-refractivity contribution in [3.05, 3.63) is 58.6 Å². The SMILES string of the molecule is CC(Nc1ccc(N2CCCCC2)cc1)C(=O)Nc1ccc([N+](=O)[O-])cc1. The minimum absolute atomic E-state index is 0.00651. The van der Waals surface area contributed by atoms with Crippen LogP contribution in [0.4, 0.5) is 22.7 Å². The Morgan fingerprint density at radius 1 is 1.00 bits per heavy atom. The summed E-state index contributed by atoms with van der Waals surface area (Å²) in [6.07, 6.45) is 3.78. The average Bonchev–Trinajstić information content (AvgIpc) is 2.69. The molecule has 1 heterocycles. The summed E-state index contributed by atoms with van der Waals surface area (Å²) < 4.78 is 0. The Morgan fingerprint density at radius 3 is 2.19 bits per heavy atom. The van der Waals surface area contributed by atoms with Crippen LogP contribution in [-0.4, -0.2) is 30.0 Å². The fourth-order valence-corrected chi connectivity index (χ4v) is 3.15. The summed E-state index contributed by atoms with van der Waals surface area (Å²) in [5, 5.41) is 16.6. The zero-order chi connectivity index (χ0) is 19.2. The van der Waals surface area contributed by atoms with E-state index >= 15 is 0 Å². The van der Waals surface area contributed by atoms with Gasteiger partial charge in [0.2, 0.25) is 5.91 Å². The van der Waals surface area contributed by atoms with Gasteiger partial charge >= 0.3 is 0 Å². The second-order valence-corrected chi connectivity index (χ2v) is 6.75. The smallest absolute Gasteiger partial charge is 0.269 e. The zero-order valence-electron chi connectivity index (χ0n) is 15.4. The molecule has 2 aromatic carbocycles. The molecule has 1 aliphatic rings. The first-order valence-electron chi connectivity index (χ1n) is 9.20. The summed E-state index contributed by atoms with van der Waals surface area (Å²) in [6.45, 7) is 3.97. The molecule has 7 nitrogen and oxygen atoms in total. The Kier molecular flexibility index (Phi) is 5.90. The molecule has 1 unspecified atom stereocenters. The van der Waals surface area contributed by atoms with Crippen molar-refractivity contribution in [2.24, 2.45) is 0 Å². The number of carbonyl (C=O) groups is 1. The van der Waals surface area contributed by atoms with Crippen molar-refractivity contribution >= 4 is 28.7 Å². The number of rotatable bonds is 6. The number of anilines is 3. The third-order valence-corrected chi connectivity index (χ3v) is 4.71. The van der Waals surface area contributed by atoms with Gasteiger partial charge < -0.3 is 15.5 Å². The van der Waals surface area contributed by atoms with Gasteiger partial charge in [-0.05, 0) is 62.6 Å². The molecule has 1 atom stereocenters. The Labute approximate surface area is 158 Å². The van der Waals surface area contributed by atoms with Crippen molar-refractivity contribution in [2.45, 2.75) is 32.2 Å². The molecule has 27 heavy (non-hydrogen) atoms. The number of amides is 1. The maximum atomic E-state index is 12.3. The summed E-state index contributed by atoms with van der Waals surface area (Å²) in [4.78, 5) is 24.9. The van der Waals surface area contributed by atoms with Gasteiger partial charge in [0, 0.05) is 42.3 Å². The number of non-ortho nitro benzene ring substituents is 1. The Balaban J connectivity index is 1.55. The van der Waals surface area contributed by atoms with E-state index in [9.17, 15) is 14.9 Å². The van der Waals surface area contributed by atoms with Crippen LogP contribution in [-0.2, 0) is 4.79 Å². The highest BCUT2D eigenvalue weighted by Gasteiger charge is 2.15. The van der Waals surface area contributed by atoms with E-state index in [0.717, 1.165) is 18.8 Å². The molecule has 0 aromatic heterocycles. The molecule has 1 saturated heterocycles. The summed E-state index contributed by atoms with van der Waals surface area (Å²) >= 11 is 0. The second kappa shape index (κ2) is 8.53. The lowest BCUT2D eigenvalue weighted by atomic mass is 10.1. The largest absolute Gasteiger partial charge is 0.374 e. The summed E-state index contributed by atoms with van der Waals surface area (Å²) in [5.74, 6) is -0.205. The van der Waals surface area contributed by atoms with Crippen LogP contribution in [0.1, 0.15) is 26.2 Å². The molecule has 142 valence electrons. The quantitative estimate of drug-likeness (QED) is 0.594. The number of carbonyl (C=O) groups excluding carboxylic acids is 1. The first kappa shape index (κ1) is 18.7. The number of nitro groups is 1. The number of nitrogens with zero attached hydrogens (tertiary/aromatic N) is 2. The third kappa shape index (κ3) is 4.97. The van der Waals surface area contributed by atoms with Crippen molar-refractivity contribution in [1.29, 1.82) is 0 Å². The Morgan fingerprint density at radius 2 is 1.59 bits per heavy atom. The molecule has 7 heteroatoms. The highest BCUT2D eigenvalue weighted by Crippen LogP contribution is 2.22. The van der Waals surface area contributed by atoms with Gasteiger partial charge in [0.05, 0.1) is 4.92 Å². The van der Waals surface area contributed by atoms with Gasteiger partial charge in [0.25, 0.3) is 5.69 Å². The maximum Gasteiger partial charge on any atom is 0.269 e. The first-order chi connectivity index (χ1) is 13.0. The molecule has 1 amide bonds. The molecule has 0 saturated carbocycles. The molecule has 1 aliphatic heterocycles. The molecular formula is C20H24N4O3. The molecule has 3 rings (SSSR count). The maximum absolute atomic E-state index is 12.3. The molecule has 2 aromatic rings. The molecular weight excluding hydrogens is 344 g/mol. The van der Waals surface area contributed by atoms with Crippen LogP contribution >= 0.6 is 0 Å². The predicted molar refractivity (Wildman–Crippen MR) is 107 cm³/mol. The zero-order valence-corrected chi connectivity index (χ0v) is 15.4. The van der Waals surface area contributed by atoms with E-state index in [1.807, 2.05) is 12.1 Å². The van der Waals surface area contributed by atoms with Crippen molar-refractivity contribution in [3.63, 3.8) is 0 Å². The van der Waals surface area contributed by atoms with Crippen molar-refractivity contribution in [3.8, 4) is 0 Å². The molecule has 0 radical (unpaired) electrons. The van der Waals surface area contributed by atoms with Gasteiger partial charge in [-0.15, -0.1) is 0 Å². The van der Waals surface area contributed by atoms with Gasteiger partial charge in [0.1, 0.15) is 6.04 Å². The minimum Gasteiger partial charge on any atom is -0.374 e. The lowest BCUT2D eigenvalue weighted by molar-refractivity contribution is -0.384. The minimum atomic E-state index is -0.469. The van der Waals surface area contributed by atoms with Crippen LogP contribution in [0.25, 0.3) is 0 Å². The number of nitrogens with one attached hydrogen (secondary N) is 2. The van der Waals surface area contributed by atoms with Gasteiger partial charge in [-0.25, -0.2) is 0 Å². The van der Waals surface area contributed by atoms with Crippen LogP contribution < -0.4 is 15.5 Å². The predicted octanol–water partition coefficient (Wildman–Crippen LogP) is 4.02. The number of hydrogen-bond acceptors (Lipinski definition) is 5. The summed E-state index contributed by atoms with van der Waals surface area (Å²) in [6, 6.07) is 13.5. The van der Waals surface area contributed by atoms with Crippen LogP contribution in [0.3, 0.4) is 0 Å². The van der Waals surface area contributed by atoms with E-state index in [0.29, 0.717) is 5.69 Å². The fourth-order valence-electron chi connectivity index (χ4n) is 3.15. The number of nitro benzene ring substituents is 1. The van der Waals surface area contributed by atoms with E-state index in [4.69, 9.17) is 0 Å². The van der Waals surface area contributed by atoms with Crippen molar-refractivity contribution < 1.29 is 9.72 Å². The summed E-state index contributed by atoms with van der Waals surface area (Å²) in [5.41, 5.74) is 2.61. The fraction of sp³-hybridized carbons (Fsp3) is 0.350. The Bertz CT molecular complexity index is 784. The highest BCUT2D eigenvalue weighted by molar-refractivity contribution is 5.96. The van der Waals surface area contributed by atoms with Crippen LogP contribution in [0, 0.1) is 10.1 Å². The van der Waals surface area contributed by atoms with E-state index in [1.165, 1.54) is 49.2 Å². The third-order valence-electron chi connectivity index (χ3n) is 4.71. The van der Waals surface area contributed by atoms with Crippen LogP contribution in [0.15, 0.2) is 48.5 Å². The number of piperidine rings is 1. The Hall–Kier alpha value is -3.09. The average molecular weight is 368 g/mol. The standard InChI is InChI=1S/C20H24N4O3/c1-15(20(25)22-17-7-11-19(12-8-17)24(26)27)21-16-5-9-18(10-6-16)23-13-3-2-4-14-23/h5-12,15,21H,2-4,13-14H2,1H3,(H,22,25). The van der Waals surface area contributed by atoms with E-state index in [1.54, 1.807) is 6.92 Å². The van der Waals surface area contributed by atoms with E-state index in [-0.39, 0.29) is 11.6 Å². The molecule has 1 fully saturated rings. The van der Waals surface area contributed by atoms with E-state index < -0.39 is 11.0 Å². The molecule has 2 N–H and O–H groups in total. The van der Waals surface area contributed by atoms with Gasteiger partial charge in [-0.2, -0.15) is 0 Å². The summed E-state index contributed by atoms with van der Waals surface area (Å²) in [7, 11) is 0. The molecule has 0 aliphatic carbocycles. The van der Waals surface area contributed by atoms with E-state index in [2.05, 4.69) is 27.7 Å². The second-order valence-electron chi connectivity index (χ2n) is 6.75. The van der Waals surface area contributed by atoms with Gasteiger partial charge in [0.15, 0.2) is 0 Å². The molecule has 0 spiro atoms. The topological polar surface area (TPSA) is 87.5 Å². The lowest BCUT2D eigenvalue weighted by Gasteiger charge is -2.29. The van der Waals surface area contributed by atoms with Gasteiger partial charge in [-0.1, -0.05) is 0 Å². The van der Waals surface area contributed by atoms with Crippen LogP contribution in [0.5, 0.6) is 0 Å². The van der Waals surface area contributed by atoms with Crippen molar-refractivity contribution in [2.75, 3.05) is 28.6 Å². The van der Waals surface area contributed by atoms with Crippen molar-refractivity contribution in [1.82, 2.24) is 0 Å². The highest BCUT2D eigenvalue weighted by atomic mass is 16.6. The monoisotopic (exact) mass is 368 g/mol. The van der Waals surface area contributed by atoms with Crippen LogP contribution in [0.2, 0.25) is 0 Å². The lowest BCUT2D eigenvalue weighted by Crippen LogP contribution is -2.32. The van der Waals surface area contributed by atoms with Gasteiger partial charge in [-0.3, -0.25) is 14.9 Å². The normalized spacial score (nSPS) is 15.1. The molecule has 0 bridgehead atoms.